The van der Waals surface area contributed by atoms with Gasteiger partial charge in [0.2, 0.25) is 0 Å². The zero-order chi connectivity index (χ0) is 27.2. The molecule has 3 atom stereocenters. The van der Waals surface area contributed by atoms with Crippen molar-refractivity contribution in [2.24, 2.45) is 5.92 Å². The minimum absolute atomic E-state index is 0.0577. The highest BCUT2D eigenvalue weighted by molar-refractivity contribution is 6.30. The van der Waals surface area contributed by atoms with Crippen LogP contribution in [0, 0.1) is 5.92 Å². The molecular formula is C29H33ClN4O4. The summed E-state index contributed by atoms with van der Waals surface area (Å²) in [6.07, 6.45) is 2.80. The number of hydrogen-bond acceptors (Lipinski definition) is 6. The van der Waals surface area contributed by atoms with Crippen molar-refractivity contribution in [1.82, 2.24) is 14.8 Å². The van der Waals surface area contributed by atoms with Crippen LogP contribution in [0.1, 0.15) is 40.1 Å². The number of nitrogens with zero attached hydrogens (tertiary/aromatic N) is 3. The molecule has 3 aromatic rings. The second kappa shape index (κ2) is 12.4. The van der Waals surface area contributed by atoms with Gasteiger partial charge in [-0.05, 0) is 55.9 Å². The maximum atomic E-state index is 13.6. The maximum Gasteiger partial charge on any atom is 0.258 e. The van der Waals surface area contributed by atoms with Crippen LogP contribution in [-0.2, 0) is 6.54 Å². The van der Waals surface area contributed by atoms with Gasteiger partial charge >= 0.3 is 0 Å². The zero-order valence-corrected chi connectivity index (χ0v) is 22.6. The molecule has 0 saturated carbocycles. The summed E-state index contributed by atoms with van der Waals surface area (Å²) in [5.41, 5.74) is 2.31. The number of anilines is 1. The van der Waals surface area contributed by atoms with Gasteiger partial charge in [0.05, 0.1) is 23.9 Å². The SMILES string of the molecule is CC(CO)N1C[C@@H](C)[C@H](CN(C)Cc2ccc(Cl)cc2)Oc2c(NC(=O)c3ccncc3)cccc2C1=O. The lowest BCUT2D eigenvalue weighted by Gasteiger charge is -2.38. The molecule has 2 aromatic carbocycles. The number of aromatic nitrogens is 1. The zero-order valence-electron chi connectivity index (χ0n) is 21.8. The van der Waals surface area contributed by atoms with Crippen molar-refractivity contribution in [3.63, 3.8) is 0 Å². The number of ether oxygens (including phenoxy) is 1. The molecule has 0 aliphatic carbocycles. The van der Waals surface area contributed by atoms with Crippen LogP contribution in [0.5, 0.6) is 5.75 Å². The Morgan fingerprint density at radius 3 is 2.61 bits per heavy atom. The third kappa shape index (κ3) is 6.51. The van der Waals surface area contributed by atoms with Gasteiger partial charge in [-0.15, -0.1) is 0 Å². The Labute approximate surface area is 228 Å². The van der Waals surface area contributed by atoms with Crippen LogP contribution in [0.4, 0.5) is 5.69 Å². The minimum Gasteiger partial charge on any atom is -0.486 e. The summed E-state index contributed by atoms with van der Waals surface area (Å²) in [5.74, 6) is -0.311. The molecule has 9 heteroatoms. The number of aliphatic hydroxyl groups excluding tert-OH is 1. The molecule has 2 amide bonds. The van der Waals surface area contributed by atoms with Crippen molar-refractivity contribution in [3.05, 3.63) is 88.7 Å². The van der Waals surface area contributed by atoms with Crippen molar-refractivity contribution < 1.29 is 19.4 Å². The average molecular weight is 537 g/mol. The number of para-hydroxylation sites is 1. The molecule has 4 rings (SSSR count). The second-order valence-electron chi connectivity index (χ2n) is 9.82. The van der Waals surface area contributed by atoms with Crippen LogP contribution in [0.2, 0.25) is 5.02 Å². The minimum atomic E-state index is -0.376. The maximum absolute atomic E-state index is 13.6. The number of hydrogen-bond donors (Lipinski definition) is 2. The average Bonchev–Trinajstić information content (AvgIpc) is 2.92. The van der Waals surface area contributed by atoms with Gasteiger partial charge in [-0.25, -0.2) is 0 Å². The van der Waals surface area contributed by atoms with Gasteiger partial charge in [0.25, 0.3) is 11.8 Å². The van der Waals surface area contributed by atoms with E-state index in [0.29, 0.717) is 47.2 Å². The van der Waals surface area contributed by atoms with Crippen LogP contribution < -0.4 is 10.1 Å². The topological polar surface area (TPSA) is 95.0 Å². The third-order valence-electron chi connectivity index (χ3n) is 6.74. The lowest BCUT2D eigenvalue weighted by Crippen LogP contribution is -2.49. The Bertz CT molecular complexity index is 1260. The van der Waals surface area contributed by atoms with Gasteiger partial charge in [-0.1, -0.05) is 36.7 Å². The van der Waals surface area contributed by atoms with E-state index in [0.717, 1.165) is 5.56 Å². The Kier molecular flexibility index (Phi) is 8.99. The summed E-state index contributed by atoms with van der Waals surface area (Å²) in [7, 11) is 2.01. The number of rotatable bonds is 8. The van der Waals surface area contributed by atoms with Gasteiger partial charge in [-0.2, -0.15) is 0 Å². The molecule has 1 aromatic heterocycles. The Balaban J connectivity index is 1.66. The number of benzene rings is 2. The summed E-state index contributed by atoms with van der Waals surface area (Å²) >= 11 is 6.04. The van der Waals surface area contributed by atoms with E-state index in [-0.39, 0.29) is 36.5 Å². The Morgan fingerprint density at radius 1 is 1.21 bits per heavy atom. The fraction of sp³-hybridized carbons (Fsp3) is 0.345. The van der Waals surface area contributed by atoms with E-state index in [1.54, 1.807) is 47.6 Å². The molecule has 0 radical (unpaired) electrons. The number of carbonyl (C=O) groups is 2. The molecule has 0 spiro atoms. The van der Waals surface area contributed by atoms with Gasteiger partial charge in [0.1, 0.15) is 6.10 Å². The van der Waals surface area contributed by atoms with Crippen molar-refractivity contribution in [2.75, 3.05) is 32.1 Å². The van der Waals surface area contributed by atoms with Gasteiger partial charge in [0.15, 0.2) is 5.75 Å². The van der Waals surface area contributed by atoms with E-state index < -0.39 is 0 Å². The molecule has 0 saturated heterocycles. The van der Waals surface area contributed by atoms with E-state index in [1.165, 1.54) is 0 Å². The van der Waals surface area contributed by atoms with Crippen molar-refractivity contribution >= 4 is 29.1 Å². The molecule has 2 heterocycles. The quantitative estimate of drug-likeness (QED) is 0.445. The number of pyridine rings is 1. The monoisotopic (exact) mass is 536 g/mol. The van der Waals surface area contributed by atoms with E-state index in [1.807, 2.05) is 45.2 Å². The molecule has 1 aliphatic heterocycles. The second-order valence-corrected chi connectivity index (χ2v) is 10.3. The number of nitrogens with one attached hydrogen (secondary N) is 1. The fourth-order valence-electron chi connectivity index (χ4n) is 4.53. The molecule has 0 fully saturated rings. The van der Waals surface area contributed by atoms with Crippen LogP contribution in [0.3, 0.4) is 0 Å². The first-order chi connectivity index (χ1) is 18.3. The van der Waals surface area contributed by atoms with Crippen LogP contribution in [-0.4, -0.2) is 70.6 Å². The van der Waals surface area contributed by atoms with E-state index in [2.05, 4.69) is 15.2 Å². The van der Waals surface area contributed by atoms with Crippen molar-refractivity contribution in [1.29, 1.82) is 0 Å². The molecule has 38 heavy (non-hydrogen) atoms. The van der Waals surface area contributed by atoms with Crippen LogP contribution >= 0.6 is 11.6 Å². The summed E-state index contributed by atoms with van der Waals surface area (Å²) in [5, 5.41) is 13.5. The standard InChI is InChI=1S/C29H33ClN4O4/c1-19-15-34(20(2)18-35)29(37)24-5-4-6-25(32-28(36)22-11-13-31-14-12-22)27(24)38-26(19)17-33(3)16-21-7-9-23(30)10-8-21/h4-14,19-20,26,35H,15-18H2,1-3H3,(H,32,36)/t19-,20?,26+/m1/s1. The van der Waals surface area contributed by atoms with Crippen molar-refractivity contribution in [2.45, 2.75) is 32.5 Å². The largest absolute Gasteiger partial charge is 0.486 e. The number of fused-ring (bicyclic) bond motifs is 1. The molecular weight excluding hydrogens is 504 g/mol. The highest BCUT2D eigenvalue weighted by Crippen LogP contribution is 2.35. The van der Waals surface area contributed by atoms with E-state index >= 15 is 0 Å². The summed E-state index contributed by atoms with van der Waals surface area (Å²) < 4.78 is 6.58. The number of halogens is 1. The molecule has 1 unspecified atom stereocenters. The smallest absolute Gasteiger partial charge is 0.258 e. The van der Waals surface area contributed by atoms with Crippen LogP contribution in [0.15, 0.2) is 67.0 Å². The number of likely N-dealkylation sites (N-methyl/N-ethyl adjacent to an activating group) is 1. The molecule has 200 valence electrons. The van der Waals surface area contributed by atoms with Gasteiger partial charge in [-0.3, -0.25) is 19.5 Å². The fourth-order valence-corrected chi connectivity index (χ4v) is 4.66. The van der Waals surface area contributed by atoms with E-state index in [4.69, 9.17) is 16.3 Å². The lowest BCUT2D eigenvalue weighted by atomic mass is 9.98. The normalized spacial score (nSPS) is 18.3. The summed E-state index contributed by atoms with van der Waals surface area (Å²) in [4.78, 5) is 34.4. The highest BCUT2D eigenvalue weighted by Gasteiger charge is 2.34. The molecule has 8 nitrogen and oxygen atoms in total. The van der Waals surface area contributed by atoms with E-state index in [9.17, 15) is 14.7 Å². The number of aliphatic hydroxyl groups is 1. The molecule has 2 N–H and O–H groups in total. The summed E-state index contributed by atoms with van der Waals surface area (Å²) in [6, 6.07) is 15.7. The highest BCUT2D eigenvalue weighted by atomic mass is 35.5. The predicted molar refractivity (Wildman–Crippen MR) is 148 cm³/mol. The van der Waals surface area contributed by atoms with Gasteiger partial charge in [0, 0.05) is 48.5 Å². The lowest BCUT2D eigenvalue weighted by molar-refractivity contribution is 0.0343. The molecule has 0 bridgehead atoms. The first-order valence-electron chi connectivity index (χ1n) is 12.6. The Morgan fingerprint density at radius 2 is 1.92 bits per heavy atom. The first kappa shape index (κ1) is 27.6. The first-order valence-corrected chi connectivity index (χ1v) is 13.0. The number of carbonyl (C=O) groups excluding carboxylic acids is 2. The van der Waals surface area contributed by atoms with Gasteiger partial charge < -0.3 is 20.1 Å². The third-order valence-corrected chi connectivity index (χ3v) is 6.99. The Hall–Kier alpha value is -3.46. The number of amides is 2. The van der Waals surface area contributed by atoms with Crippen molar-refractivity contribution in [3.8, 4) is 5.75 Å². The van der Waals surface area contributed by atoms with Crippen LogP contribution in [0.25, 0.3) is 0 Å². The predicted octanol–water partition coefficient (Wildman–Crippen LogP) is 4.34. The molecule has 1 aliphatic rings. The summed E-state index contributed by atoms with van der Waals surface area (Å²) in [6.45, 7) is 5.39.